The molecule has 198 valence electrons. The van der Waals surface area contributed by atoms with E-state index in [0.29, 0.717) is 15.6 Å². The Hall–Kier alpha value is -1.71. The van der Waals surface area contributed by atoms with Gasteiger partial charge in [-0.05, 0) is 57.5 Å². The molecule has 7 nitrogen and oxygen atoms in total. The second-order valence-electron chi connectivity index (χ2n) is 9.25. The highest BCUT2D eigenvalue weighted by Gasteiger charge is 2.33. The van der Waals surface area contributed by atoms with Crippen molar-refractivity contribution in [1.82, 2.24) is 10.2 Å². The van der Waals surface area contributed by atoms with Crippen molar-refractivity contribution in [2.24, 2.45) is 0 Å². The third kappa shape index (κ3) is 8.15. The van der Waals surface area contributed by atoms with Gasteiger partial charge < -0.3 is 10.2 Å². The fourth-order valence-corrected chi connectivity index (χ4v) is 5.13. The smallest absolute Gasteiger partial charge is 0.244 e. The van der Waals surface area contributed by atoms with Crippen LogP contribution in [0.1, 0.15) is 39.7 Å². The van der Waals surface area contributed by atoms with Gasteiger partial charge >= 0.3 is 0 Å². The molecule has 0 unspecified atom stereocenters. The molecule has 0 aliphatic rings. The summed E-state index contributed by atoms with van der Waals surface area (Å²) in [5.41, 5.74) is 0.0416. The standard InChI is InChI=1S/C24H29Cl4N3O4S/c1-6-21(23(33)29-24(2,3)4)30(13-16-17(25)8-7-9-18(16)26)22(32)14-31(36(5,34)35)15-10-11-19(27)20(28)12-15/h7-12,21H,6,13-14H2,1-5H3,(H,29,33)/t21-/m1/s1. The topological polar surface area (TPSA) is 86.8 Å². The van der Waals surface area contributed by atoms with Crippen LogP contribution in [0.3, 0.4) is 0 Å². The van der Waals surface area contributed by atoms with Gasteiger partial charge in [0, 0.05) is 27.7 Å². The number of nitrogens with one attached hydrogen (secondary N) is 1. The molecule has 2 aromatic rings. The Morgan fingerprint density at radius 3 is 2.03 bits per heavy atom. The van der Waals surface area contributed by atoms with Crippen LogP contribution >= 0.6 is 46.4 Å². The van der Waals surface area contributed by atoms with Crippen molar-refractivity contribution >= 4 is 73.9 Å². The first kappa shape index (κ1) is 30.5. The van der Waals surface area contributed by atoms with Crippen molar-refractivity contribution < 1.29 is 18.0 Å². The lowest BCUT2D eigenvalue weighted by atomic mass is 10.1. The van der Waals surface area contributed by atoms with Crippen LogP contribution in [0, 0.1) is 0 Å². The monoisotopic (exact) mass is 595 g/mol. The quantitative estimate of drug-likeness (QED) is 0.397. The Kier molecular flexibility index (Phi) is 10.4. The SMILES string of the molecule is CC[C@H](C(=O)NC(C)(C)C)N(Cc1c(Cl)cccc1Cl)C(=O)CN(c1ccc(Cl)c(Cl)c1)S(C)(=O)=O. The van der Waals surface area contributed by atoms with Crippen LogP contribution < -0.4 is 9.62 Å². The lowest BCUT2D eigenvalue weighted by Gasteiger charge is -2.34. The van der Waals surface area contributed by atoms with Crippen LogP contribution in [-0.4, -0.2) is 49.5 Å². The number of nitrogens with zero attached hydrogens (tertiary/aromatic N) is 2. The maximum absolute atomic E-state index is 13.7. The predicted molar refractivity (Wildman–Crippen MR) is 148 cm³/mol. The van der Waals surface area contributed by atoms with Crippen molar-refractivity contribution in [2.45, 2.75) is 52.2 Å². The molecule has 2 rings (SSSR count). The van der Waals surface area contributed by atoms with Crippen molar-refractivity contribution in [2.75, 3.05) is 17.1 Å². The van der Waals surface area contributed by atoms with Crippen LogP contribution in [0.15, 0.2) is 36.4 Å². The molecule has 0 spiro atoms. The zero-order valence-electron chi connectivity index (χ0n) is 20.6. The molecule has 0 saturated heterocycles. The van der Waals surface area contributed by atoms with Crippen LogP contribution in [0.4, 0.5) is 5.69 Å². The molecule has 0 aliphatic heterocycles. The molecule has 12 heteroatoms. The Morgan fingerprint density at radius 1 is 0.972 bits per heavy atom. The van der Waals surface area contributed by atoms with Gasteiger partial charge in [0.05, 0.1) is 22.0 Å². The van der Waals surface area contributed by atoms with Gasteiger partial charge in [-0.2, -0.15) is 0 Å². The van der Waals surface area contributed by atoms with E-state index in [0.717, 1.165) is 10.6 Å². The molecule has 2 aromatic carbocycles. The minimum atomic E-state index is -3.92. The van der Waals surface area contributed by atoms with Gasteiger partial charge in [0.1, 0.15) is 12.6 Å². The fourth-order valence-electron chi connectivity index (χ4n) is 3.48. The zero-order chi connectivity index (χ0) is 27.4. The van der Waals surface area contributed by atoms with E-state index in [-0.39, 0.29) is 34.6 Å². The van der Waals surface area contributed by atoms with Crippen molar-refractivity contribution in [3.8, 4) is 0 Å². The number of hydrogen-bond donors (Lipinski definition) is 1. The number of carbonyl (C=O) groups is 2. The first-order chi connectivity index (χ1) is 16.5. The molecule has 0 aromatic heterocycles. The molecular weight excluding hydrogens is 568 g/mol. The first-order valence-corrected chi connectivity index (χ1v) is 14.4. The summed E-state index contributed by atoms with van der Waals surface area (Å²) in [5.74, 6) is -1.01. The summed E-state index contributed by atoms with van der Waals surface area (Å²) in [6.07, 6.45) is 1.24. The third-order valence-electron chi connectivity index (χ3n) is 5.14. The zero-order valence-corrected chi connectivity index (χ0v) is 24.5. The summed E-state index contributed by atoms with van der Waals surface area (Å²) in [7, 11) is -3.92. The van der Waals surface area contributed by atoms with E-state index < -0.39 is 34.1 Å². The van der Waals surface area contributed by atoms with E-state index in [4.69, 9.17) is 46.4 Å². The first-order valence-electron chi connectivity index (χ1n) is 11.0. The molecule has 0 fully saturated rings. The second-order valence-corrected chi connectivity index (χ2v) is 12.8. The Labute approximate surface area is 232 Å². The van der Waals surface area contributed by atoms with Gasteiger partial charge in [0.2, 0.25) is 21.8 Å². The van der Waals surface area contributed by atoms with E-state index in [9.17, 15) is 18.0 Å². The largest absolute Gasteiger partial charge is 0.350 e. The second kappa shape index (κ2) is 12.2. The fraction of sp³-hybridized carbons (Fsp3) is 0.417. The lowest BCUT2D eigenvalue weighted by molar-refractivity contribution is -0.141. The van der Waals surface area contributed by atoms with Crippen LogP contribution in [0.5, 0.6) is 0 Å². The van der Waals surface area contributed by atoms with Crippen molar-refractivity contribution in [3.05, 3.63) is 62.1 Å². The highest BCUT2D eigenvalue weighted by Crippen LogP contribution is 2.30. The van der Waals surface area contributed by atoms with Crippen LogP contribution in [0.25, 0.3) is 0 Å². The van der Waals surface area contributed by atoms with Gasteiger partial charge in [0.25, 0.3) is 0 Å². The molecule has 2 amide bonds. The van der Waals surface area contributed by atoms with Gasteiger partial charge in [-0.1, -0.05) is 59.4 Å². The molecule has 0 aliphatic carbocycles. The van der Waals surface area contributed by atoms with Gasteiger partial charge in [0.15, 0.2) is 0 Å². The molecule has 1 N–H and O–H groups in total. The minimum Gasteiger partial charge on any atom is -0.350 e. The number of rotatable bonds is 9. The van der Waals surface area contributed by atoms with Gasteiger partial charge in [-0.25, -0.2) is 8.42 Å². The average Bonchev–Trinajstić information content (AvgIpc) is 2.73. The number of benzene rings is 2. The highest BCUT2D eigenvalue weighted by molar-refractivity contribution is 7.92. The lowest BCUT2D eigenvalue weighted by Crippen LogP contribution is -2.55. The van der Waals surface area contributed by atoms with E-state index in [1.54, 1.807) is 25.1 Å². The van der Waals surface area contributed by atoms with Crippen LogP contribution in [-0.2, 0) is 26.2 Å². The Bertz CT molecular complexity index is 1210. The molecule has 0 saturated carbocycles. The number of halogens is 4. The normalized spacial score (nSPS) is 12.7. The Morgan fingerprint density at radius 2 is 1.56 bits per heavy atom. The van der Waals surface area contributed by atoms with Crippen molar-refractivity contribution in [3.63, 3.8) is 0 Å². The van der Waals surface area contributed by atoms with Gasteiger partial charge in [-0.3, -0.25) is 13.9 Å². The van der Waals surface area contributed by atoms with E-state index in [2.05, 4.69) is 5.32 Å². The maximum Gasteiger partial charge on any atom is 0.244 e. The number of carbonyl (C=O) groups excluding carboxylic acids is 2. The van der Waals surface area contributed by atoms with E-state index in [1.807, 2.05) is 20.8 Å². The summed E-state index contributed by atoms with van der Waals surface area (Å²) in [6, 6.07) is 8.24. The van der Waals surface area contributed by atoms with E-state index >= 15 is 0 Å². The molecule has 0 radical (unpaired) electrons. The van der Waals surface area contributed by atoms with E-state index in [1.165, 1.54) is 23.1 Å². The summed E-state index contributed by atoms with van der Waals surface area (Å²) < 4.78 is 26.3. The molecule has 0 heterocycles. The number of amides is 2. The maximum atomic E-state index is 13.7. The summed E-state index contributed by atoms with van der Waals surface area (Å²) in [6.45, 7) is 6.54. The van der Waals surface area contributed by atoms with Crippen molar-refractivity contribution in [1.29, 1.82) is 0 Å². The third-order valence-corrected chi connectivity index (χ3v) is 7.73. The summed E-state index contributed by atoms with van der Waals surface area (Å²) >= 11 is 24.8. The average molecular weight is 597 g/mol. The van der Waals surface area contributed by atoms with Gasteiger partial charge in [-0.15, -0.1) is 0 Å². The highest BCUT2D eigenvalue weighted by atomic mass is 35.5. The number of sulfonamides is 1. The number of anilines is 1. The molecule has 36 heavy (non-hydrogen) atoms. The van der Waals surface area contributed by atoms with Crippen LogP contribution in [0.2, 0.25) is 20.1 Å². The predicted octanol–water partition coefficient (Wildman–Crippen LogP) is 5.79. The minimum absolute atomic E-state index is 0.105. The Balaban J connectivity index is 2.54. The summed E-state index contributed by atoms with van der Waals surface area (Å²) in [4.78, 5) is 28.2. The molecular formula is C24H29Cl4N3O4S. The number of hydrogen-bond acceptors (Lipinski definition) is 4. The molecule has 1 atom stereocenters. The molecule has 0 bridgehead atoms. The summed E-state index contributed by atoms with van der Waals surface area (Å²) in [5, 5.41) is 3.88.